The van der Waals surface area contributed by atoms with E-state index in [-0.39, 0.29) is 37.1 Å². The summed E-state index contributed by atoms with van der Waals surface area (Å²) in [7, 11) is 0. The summed E-state index contributed by atoms with van der Waals surface area (Å²) in [5.74, 6) is -1.15. The van der Waals surface area contributed by atoms with E-state index in [0.717, 1.165) is 4.88 Å². The summed E-state index contributed by atoms with van der Waals surface area (Å²) in [6, 6.07) is 13.4. The lowest BCUT2D eigenvalue weighted by molar-refractivity contribution is -0.142. The zero-order valence-corrected chi connectivity index (χ0v) is 20.8. The SMILES string of the molecule is CC(C)(C)NC(=O)C(c1ccc(F)cc1)N(Cc1cccs1)C(=O)CCC(=O)Nc1ccccn1. The minimum atomic E-state index is -0.997. The fourth-order valence-corrected chi connectivity index (χ4v) is 4.16. The second-order valence-corrected chi connectivity index (χ2v) is 10.1. The monoisotopic (exact) mass is 496 g/mol. The zero-order chi connectivity index (χ0) is 25.4. The smallest absolute Gasteiger partial charge is 0.247 e. The van der Waals surface area contributed by atoms with E-state index in [0.29, 0.717) is 11.4 Å². The van der Waals surface area contributed by atoms with Crippen molar-refractivity contribution in [2.75, 3.05) is 5.32 Å². The first-order valence-electron chi connectivity index (χ1n) is 11.2. The third-order valence-corrected chi connectivity index (χ3v) is 5.83. The van der Waals surface area contributed by atoms with Crippen molar-refractivity contribution in [1.29, 1.82) is 0 Å². The van der Waals surface area contributed by atoms with Gasteiger partial charge in [0.1, 0.15) is 17.7 Å². The number of hydrogen-bond acceptors (Lipinski definition) is 5. The van der Waals surface area contributed by atoms with E-state index in [1.165, 1.54) is 40.5 Å². The molecule has 3 rings (SSSR count). The van der Waals surface area contributed by atoms with E-state index in [2.05, 4.69) is 15.6 Å². The molecule has 2 N–H and O–H groups in total. The number of aromatic nitrogens is 1. The maximum atomic E-state index is 13.6. The maximum Gasteiger partial charge on any atom is 0.247 e. The summed E-state index contributed by atoms with van der Waals surface area (Å²) in [5, 5.41) is 7.49. The summed E-state index contributed by atoms with van der Waals surface area (Å²) >= 11 is 1.46. The van der Waals surface area contributed by atoms with Crippen LogP contribution >= 0.6 is 11.3 Å². The predicted molar refractivity (Wildman–Crippen MR) is 134 cm³/mol. The fraction of sp³-hybridized carbons (Fsp3) is 0.308. The first kappa shape index (κ1) is 26.0. The van der Waals surface area contributed by atoms with Crippen LogP contribution in [0.5, 0.6) is 0 Å². The van der Waals surface area contributed by atoms with Crippen molar-refractivity contribution in [2.24, 2.45) is 0 Å². The molecule has 7 nitrogen and oxygen atoms in total. The molecular weight excluding hydrogens is 467 g/mol. The highest BCUT2D eigenvalue weighted by molar-refractivity contribution is 7.09. The number of pyridine rings is 1. The van der Waals surface area contributed by atoms with Crippen molar-refractivity contribution in [3.8, 4) is 0 Å². The quantitative estimate of drug-likeness (QED) is 0.450. The molecule has 0 radical (unpaired) electrons. The number of hydrogen-bond donors (Lipinski definition) is 2. The van der Waals surface area contributed by atoms with E-state index in [4.69, 9.17) is 0 Å². The Kier molecular flexibility index (Phi) is 8.70. The summed E-state index contributed by atoms with van der Waals surface area (Å²) in [5.41, 5.74) is -0.0636. The first-order chi connectivity index (χ1) is 16.6. The van der Waals surface area contributed by atoms with E-state index in [1.54, 1.807) is 24.4 Å². The van der Waals surface area contributed by atoms with Crippen LogP contribution in [-0.4, -0.2) is 33.1 Å². The van der Waals surface area contributed by atoms with Crippen molar-refractivity contribution in [2.45, 2.75) is 51.7 Å². The average Bonchev–Trinajstić information content (AvgIpc) is 3.31. The Morgan fingerprint density at radius 1 is 1.03 bits per heavy atom. The lowest BCUT2D eigenvalue weighted by Gasteiger charge is -2.33. The van der Waals surface area contributed by atoms with Crippen LogP contribution in [0.2, 0.25) is 0 Å². The largest absolute Gasteiger partial charge is 0.349 e. The lowest BCUT2D eigenvalue weighted by Crippen LogP contribution is -2.49. The van der Waals surface area contributed by atoms with Crippen molar-refractivity contribution in [1.82, 2.24) is 15.2 Å². The van der Waals surface area contributed by atoms with Crippen LogP contribution in [0.3, 0.4) is 0 Å². The Labute approximate surface area is 208 Å². The highest BCUT2D eigenvalue weighted by Crippen LogP contribution is 2.27. The van der Waals surface area contributed by atoms with Gasteiger partial charge in [-0.05, 0) is 62.0 Å². The van der Waals surface area contributed by atoms with Gasteiger partial charge in [-0.25, -0.2) is 9.37 Å². The lowest BCUT2D eigenvalue weighted by atomic mass is 10.0. The van der Waals surface area contributed by atoms with Gasteiger partial charge >= 0.3 is 0 Å². The van der Waals surface area contributed by atoms with Gasteiger partial charge < -0.3 is 15.5 Å². The standard InChI is InChI=1S/C26H29FN4O3S/c1-26(2,3)30-25(34)24(18-9-11-19(27)12-10-18)31(17-20-7-6-16-35-20)23(33)14-13-22(32)29-21-8-4-5-15-28-21/h4-12,15-16,24H,13-14,17H2,1-3H3,(H,30,34)(H,28,29,32). The Balaban J connectivity index is 1.86. The van der Waals surface area contributed by atoms with Gasteiger partial charge in [0.25, 0.3) is 0 Å². The summed E-state index contributed by atoms with van der Waals surface area (Å²) < 4.78 is 13.6. The molecule has 0 bridgehead atoms. The molecule has 35 heavy (non-hydrogen) atoms. The molecule has 0 saturated carbocycles. The number of rotatable bonds is 9. The predicted octanol–water partition coefficient (Wildman–Crippen LogP) is 4.69. The third kappa shape index (κ3) is 7.99. The number of benzene rings is 1. The molecule has 9 heteroatoms. The Morgan fingerprint density at radius 2 is 1.77 bits per heavy atom. The topological polar surface area (TPSA) is 91.4 Å². The Hall–Kier alpha value is -3.59. The average molecular weight is 497 g/mol. The molecule has 0 saturated heterocycles. The van der Waals surface area contributed by atoms with Gasteiger partial charge in [0.2, 0.25) is 17.7 Å². The molecule has 0 fully saturated rings. The summed E-state index contributed by atoms with van der Waals surface area (Å²) in [6.07, 6.45) is 1.38. The molecule has 0 aliphatic carbocycles. The second-order valence-electron chi connectivity index (χ2n) is 9.06. The van der Waals surface area contributed by atoms with Gasteiger partial charge in [-0.3, -0.25) is 14.4 Å². The van der Waals surface area contributed by atoms with Crippen molar-refractivity contribution in [3.63, 3.8) is 0 Å². The third-order valence-electron chi connectivity index (χ3n) is 4.97. The van der Waals surface area contributed by atoms with E-state index >= 15 is 0 Å². The number of carbonyl (C=O) groups is 3. The molecule has 1 atom stereocenters. The molecule has 2 heterocycles. The maximum absolute atomic E-state index is 13.6. The number of amides is 3. The molecule has 3 aromatic rings. The summed E-state index contributed by atoms with van der Waals surface area (Å²) in [4.78, 5) is 45.7. The normalized spacial score (nSPS) is 12.0. The molecule has 184 valence electrons. The molecule has 0 aliphatic rings. The number of nitrogens with zero attached hydrogens (tertiary/aromatic N) is 2. The molecule has 0 spiro atoms. The Morgan fingerprint density at radius 3 is 2.37 bits per heavy atom. The van der Waals surface area contributed by atoms with Crippen LogP contribution in [0.4, 0.5) is 10.2 Å². The summed E-state index contributed by atoms with van der Waals surface area (Å²) in [6.45, 7) is 5.72. The van der Waals surface area contributed by atoms with Gasteiger partial charge in [-0.15, -0.1) is 11.3 Å². The van der Waals surface area contributed by atoms with Gasteiger partial charge in [0.15, 0.2) is 0 Å². The van der Waals surface area contributed by atoms with Crippen LogP contribution < -0.4 is 10.6 Å². The van der Waals surface area contributed by atoms with Crippen LogP contribution in [0.15, 0.2) is 66.2 Å². The minimum absolute atomic E-state index is 0.0760. The van der Waals surface area contributed by atoms with Crippen molar-refractivity contribution < 1.29 is 18.8 Å². The first-order valence-corrected chi connectivity index (χ1v) is 12.1. The van der Waals surface area contributed by atoms with Gasteiger partial charge in [0.05, 0.1) is 6.54 Å². The van der Waals surface area contributed by atoms with E-state index in [1.807, 2.05) is 38.3 Å². The van der Waals surface area contributed by atoms with Crippen molar-refractivity contribution in [3.05, 3.63) is 82.4 Å². The van der Waals surface area contributed by atoms with Crippen LogP contribution in [0.1, 0.15) is 50.1 Å². The molecule has 1 unspecified atom stereocenters. The van der Waals surface area contributed by atoms with Crippen LogP contribution in [0.25, 0.3) is 0 Å². The molecule has 2 aromatic heterocycles. The van der Waals surface area contributed by atoms with Gasteiger partial charge in [-0.2, -0.15) is 0 Å². The number of carbonyl (C=O) groups excluding carboxylic acids is 3. The number of nitrogens with one attached hydrogen (secondary N) is 2. The van der Waals surface area contributed by atoms with Crippen LogP contribution in [0, 0.1) is 5.82 Å². The number of anilines is 1. The second kappa shape index (κ2) is 11.7. The number of halogens is 1. The molecule has 0 aliphatic heterocycles. The molecule has 1 aromatic carbocycles. The minimum Gasteiger partial charge on any atom is -0.349 e. The highest BCUT2D eigenvalue weighted by Gasteiger charge is 2.33. The number of thiophene rings is 1. The fourth-order valence-electron chi connectivity index (χ4n) is 3.46. The highest BCUT2D eigenvalue weighted by atomic mass is 32.1. The van der Waals surface area contributed by atoms with Crippen LogP contribution in [-0.2, 0) is 20.9 Å². The Bertz CT molecular complexity index is 1130. The van der Waals surface area contributed by atoms with Gasteiger partial charge in [-0.1, -0.05) is 24.3 Å². The van der Waals surface area contributed by atoms with Gasteiger partial charge in [0, 0.05) is 29.5 Å². The zero-order valence-electron chi connectivity index (χ0n) is 20.0. The van der Waals surface area contributed by atoms with Crippen molar-refractivity contribution >= 4 is 34.9 Å². The molecule has 3 amide bonds. The van der Waals surface area contributed by atoms with E-state index in [9.17, 15) is 18.8 Å². The molecular formula is C26H29FN4O3S. The van der Waals surface area contributed by atoms with E-state index < -0.39 is 17.4 Å².